The number of nitrogens with two attached hydrogens (primary N) is 1. The molecule has 1 heterocycles. The van der Waals surface area contributed by atoms with Gasteiger partial charge in [-0.25, -0.2) is 0 Å². The van der Waals surface area contributed by atoms with Gasteiger partial charge in [0.15, 0.2) is 0 Å². The molecule has 1 unspecified atom stereocenters. The molecular weight excluding hydrogens is 204 g/mol. The number of amides is 1. The lowest BCUT2D eigenvalue weighted by molar-refractivity contribution is -0.117. The smallest absolute Gasteiger partial charge is 0.232 e. The zero-order chi connectivity index (χ0) is 11.5. The van der Waals surface area contributed by atoms with Gasteiger partial charge in [0.1, 0.15) is 5.75 Å². The summed E-state index contributed by atoms with van der Waals surface area (Å²) in [5.41, 5.74) is 7.40. The average Bonchev–Trinajstić information content (AvgIpc) is 2.57. The highest BCUT2D eigenvalue weighted by atomic mass is 16.5. The van der Waals surface area contributed by atoms with Crippen LogP contribution in [0.4, 0.5) is 5.69 Å². The van der Waals surface area contributed by atoms with Crippen LogP contribution in [-0.2, 0) is 4.79 Å². The van der Waals surface area contributed by atoms with Crippen molar-refractivity contribution in [1.29, 1.82) is 0 Å². The summed E-state index contributed by atoms with van der Waals surface area (Å²) in [6, 6.07) is 5.68. The average molecular weight is 220 g/mol. The number of carbonyl (C=O) groups excluding carboxylic acids is 1. The summed E-state index contributed by atoms with van der Waals surface area (Å²) < 4.78 is 5.42. The van der Waals surface area contributed by atoms with E-state index in [0.29, 0.717) is 19.6 Å². The maximum Gasteiger partial charge on any atom is 0.232 e. The first-order chi connectivity index (χ1) is 7.76. The van der Waals surface area contributed by atoms with E-state index in [4.69, 9.17) is 10.5 Å². The lowest BCUT2D eigenvalue weighted by Crippen LogP contribution is -2.15. The Kier molecular flexibility index (Phi) is 3.10. The third kappa shape index (κ3) is 1.88. The summed E-state index contributed by atoms with van der Waals surface area (Å²) in [7, 11) is 0. The minimum atomic E-state index is -0.125. The molecule has 1 aromatic carbocycles. The number of carbonyl (C=O) groups is 1. The summed E-state index contributed by atoms with van der Waals surface area (Å²) in [6.45, 7) is 3.08. The Hall–Kier alpha value is -1.55. The van der Waals surface area contributed by atoms with E-state index < -0.39 is 0 Å². The Morgan fingerprint density at radius 1 is 1.50 bits per heavy atom. The van der Waals surface area contributed by atoms with E-state index in [1.165, 1.54) is 0 Å². The van der Waals surface area contributed by atoms with Gasteiger partial charge in [-0.3, -0.25) is 4.79 Å². The van der Waals surface area contributed by atoms with Crippen molar-refractivity contribution in [3.05, 3.63) is 23.8 Å². The fourth-order valence-corrected chi connectivity index (χ4v) is 2.01. The van der Waals surface area contributed by atoms with Crippen LogP contribution in [0.2, 0.25) is 0 Å². The molecule has 1 aromatic rings. The third-order valence-corrected chi connectivity index (χ3v) is 2.74. The number of ether oxygens (including phenoxy) is 1. The summed E-state index contributed by atoms with van der Waals surface area (Å²) >= 11 is 0. The van der Waals surface area contributed by atoms with Gasteiger partial charge in [0.2, 0.25) is 5.91 Å². The zero-order valence-corrected chi connectivity index (χ0v) is 9.32. The van der Waals surface area contributed by atoms with Gasteiger partial charge in [-0.05, 0) is 43.7 Å². The van der Waals surface area contributed by atoms with Crippen LogP contribution in [0, 0.1) is 0 Å². The molecule has 86 valence electrons. The Morgan fingerprint density at radius 3 is 3.00 bits per heavy atom. The normalized spacial score (nSPS) is 18.1. The van der Waals surface area contributed by atoms with Gasteiger partial charge in [-0.15, -0.1) is 0 Å². The minimum absolute atomic E-state index is 0.0362. The SMILES string of the molecule is CCOc1ccc2c(c1)C(CCN)C(=O)N2. The van der Waals surface area contributed by atoms with E-state index in [0.717, 1.165) is 17.0 Å². The first-order valence-electron chi connectivity index (χ1n) is 5.54. The van der Waals surface area contributed by atoms with Crippen LogP contribution in [0.25, 0.3) is 0 Å². The number of benzene rings is 1. The van der Waals surface area contributed by atoms with Crippen molar-refractivity contribution >= 4 is 11.6 Å². The van der Waals surface area contributed by atoms with Crippen LogP contribution in [-0.4, -0.2) is 19.1 Å². The molecule has 0 saturated carbocycles. The second-order valence-corrected chi connectivity index (χ2v) is 3.80. The van der Waals surface area contributed by atoms with Gasteiger partial charge in [0.25, 0.3) is 0 Å². The fraction of sp³-hybridized carbons (Fsp3) is 0.417. The van der Waals surface area contributed by atoms with E-state index in [-0.39, 0.29) is 11.8 Å². The first kappa shape index (κ1) is 11.0. The number of nitrogens with one attached hydrogen (secondary N) is 1. The van der Waals surface area contributed by atoms with Crippen LogP contribution < -0.4 is 15.8 Å². The number of hydrogen-bond acceptors (Lipinski definition) is 3. The quantitative estimate of drug-likeness (QED) is 0.807. The molecule has 0 spiro atoms. The predicted molar refractivity (Wildman–Crippen MR) is 62.7 cm³/mol. The van der Waals surface area contributed by atoms with Gasteiger partial charge in [-0.1, -0.05) is 0 Å². The predicted octanol–water partition coefficient (Wildman–Crippen LogP) is 1.47. The lowest BCUT2D eigenvalue weighted by atomic mass is 9.97. The third-order valence-electron chi connectivity index (χ3n) is 2.74. The summed E-state index contributed by atoms with van der Waals surface area (Å²) in [4.78, 5) is 11.7. The van der Waals surface area contributed by atoms with Crippen LogP contribution in [0.5, 0.6) is 5.75 Å². The number of anilines is 1. The fourth-order valence-electron chi connectivity index (χ4n) is 2.01. The summed E-state index contributed by atoms with van der Waals surface area (Å²) in [5, 5.41) is 2.85. The highest BCUT2D eigenvalue weighted by Gasteiger charge is 2.29. The number of rotatable bonds is 4. The van der Waals surface area contributed by atoms with Crippen molar-refractivity contribution in [2.24, 2.45) is 5.73 Å². The maximum absolute atomic E-state index is 11.7. The molecule has 1 atom stereocenters. The second-order valence-electron chi connectivity index (χ2n) is 3.80. The second kappa shape index (κ2) is 4.53. The van der Waals surface area contributed by atoms with Crippen molar-refractivity contribution in [3.63, 3.8) is 0 Å². The Bertz CT molecular complexity index is 404. The zero-order valence-electron chi connectivity index (χ0n) is 9.32. The molecule has 3 N–H and O–H groups in total. The largest absolute Gasteiger partial charge is 0.494 e. The van der Waals surface area contributed by atoms with Crippen molar-refractivity contribution < 1.29 is 9.53 Å². The Balaban J connectivity index is 2.30. The van der Waals surface area contributed by atoms with Gasteiger partial charge in [0, 0.05) is 5.69 Å². The summed E-state index contributed by atoms with van der Waals surface area (Å²) in [5.74, 6) is 0.717. The van der Waals surface area contributed by atoms with Crippen LogP contribution in [0.15, 0.2) is 18.2 Å². The van der Waals surface area contributed by atoms with Gasteiger partial charge in [0.05, 0.1) is 12.5 Å². The van der Waals surface area contributed by atoms with Crippen molar-refractivity contribution in [2.45, 2.75) is 19.3 Å². The van der Waals surface area contributed by atoms with Crippen LogP contribution in [0.1, 0.15) is 24.8 Å². The van der Waals surface area contributed by atoms with E-state index in [2.05, 4.69) is 5.32 Å². The van der Waals surface area contributed by atoms with Crippen molar-refractivity contribution in [2.75, 3.05) is 18.5 Å². The topological polar surface area (TPSA) is 64.3 Å². The van der Waals surface area contributed by atoms with Crippen LogP contribution in [0.3, 0.4) is 0 Å². The number of hydrogen-bond donors (Lipinski definition) is 2. The van der Waals surface area contributed by atoms with Crippen molar-refractivity contribution in [1.82, 2.24) is 0 Å². The molecule has 0 saturated heterocycles. The molecule has 1 aliphatic rings. The standard InChI is InChI=1S/C12H16N2O2/c1-2-16-8-3-4-11-10(7-8)9(5-6-13)12(15)14-11/h3-4,7,9H,2,5-6,13H2,1H3,(H,14,15). The molecule has 0 aliphatic carbocycles. The van der Waals surface area contributed by atoms with E-state index in [1.54, 1.807) is 0 Å². The lowest BCUT2D eigenvalue weighted by Gasteiger charge is -2.08. The molecular formula is C12H16N2O2. The van der Waals surface area contributed by atoms with E-state index in [1.807, 2.05) is 25.1 Å². The maximum atomic E-state index is 11.7. The number of fused-ring (bicyclic) bond motifs is 1. The van der Waals surface area contributed by atoms with E-state index in [9.17, 15) is 4.79 Å². The monoisotopic (exact) mass is 220 g/mol. The van der Waals surface area contributed by atoms with Gasteiger partial charge >= 0.3 is 0 Å². The Morgan fingerprint density at radius 2 is 2.31 bits per heavy atom. The first-order valence-corrected chi connectivity index (χ1v) is 5.54. The molecule has 0 bridgehead atoms. The molecule has 2 rings (SSSR count). The molecule has 0 radical (unpaired) electrons. The molecule has 1 aliphatic heterocycles. The highest BCUT2D eigenvalue weighted by Crippen LogP contribution is 2.36. The molecule has 16 heavy (non-hydrogen) atoms. The minimum Gasteiger partial charge on any atom is -0.494 e. The Labute approximate surface area is 94.8 Å². The molecule has 4 heteroatoms. The molecule has 0 fully saturated rings. The van der Waals surface area contributed by atoms with Crippen LogP contribution >= 0.6 is 0 Å². The van der Waals surface area contributed by atoms with Gasteiger partial charge in [-0.2, -0.15) is 0 Å². The van der Waals surface area contributed by atoms with Crippen molar-refractivity contribution in [3.8, 4) is 5.75 Å². The molecule has 1 amide bonds. The molecule has 0 aromatic heterocycles. The van der Waals surface area contributed by atoms with Gasteiger partial charge < -0.3 is 15.8 Å². The van der Waals surface area contributed by atoms with E-state index >= 15 is 0 Å². The highest BCUT2D eigenvalue weighted by molar-refractivity contribution is 6.03. The molecule has 4 nitrogen and oxygen atoms in total. The summed E-state index contributed by atoms with van der Waals surface area (Å²) in [6.07, 6.45) is 0.675.